The smallest absolute Gasteiger partial charge is 0.274 e. The van der Waals surface area contributed by atoms with Crippen molar-refractivity contribution in [1.82, 2.24) is 9.97 Å². The molecule has 2 heterocycles. The molecule has 148 valence electrons. The zero-order valence-electron chi connectivity index (χ0n) is 15.8. The lowest BCUT2D eigenvalue weighted by Gasteiger charge is -2.19. The maximum Gasteiger partial charge on any atom is 0.274 e. The Hall–Kier alpha value is -3.81. The molecule has 29 heavy (non-hydrogen) atoms. The van der Waals surface area contributed by atoms with E-state index >= 15 is 0 Å². The summed E-state index contributed by atoms with van der Waals surface area (Å²) in [5, 5.41) is 5.89. The second kappa shape index (κ2) is 8.47. The number of benzene rings is 2. The lowest BCUT2D eigenvalue weighted by atomic mass is 10.2. The first-order chi connectivity index (χ1) is 14.2. The molecule has 1 aliphatic heterocycles. The number of nitrogens with one attached hydrogen (secondary N) is 2. The van der Waals surface area contributed by atoms with E-state index in [4.69, 9.17) is 14.2 Å². The molecule has 0 atom stereocenters. The molecule has 8 nitrogen and oxygen atoms in total. The van der Waals surface area contributed by atoms with E-state index in [1.807, 2.05) is 25.1 Å². The number of nitrogens with zero attached hydrogens (tertiary/aromatic N) is 2. The number of ether oxygens (including phenoxy) is 3. The highest BCUT2D eigenvalue weighted by molar-refractivity contribution is 6.03. The Labute approximate surface area is 167 Å². The van der Waals surface area contributed by atoms with Gasteiger partial charge in [-0.05, 0) is 49.4 Å². The van der Waals surface area contributed by atoms with Gasteiger partial charge in [0, 0.05) is 23.6 Å². The van der Waals surface area contributed by atoms with Crippen LogP contribution in [-0.2, 0) is 0 Å². The third-order valence-corrected chi connectivity index (χ3v) is 4.11. The van der Waals surface area contributed by atoms with E-state index < -0.39 is 0 Å². The van der Waals surface area contributed by atoms with Gasteiger partial charge < -0.3 is 24.8 Å². The molecule has 0 unspecified atom stereocenters. The number of carbonyl (C=O) groups excluding carboxylic acids is 1. The number of fused-ring (bicyclic) bond motifs is 1. The number of anilines is 3. The van der Waals surface area contributed by atoms with E-state index in [1.54, 1.807) is 30.3 Å². The molecule has 8 heteroatoms. The van der Waals surface area contributed by atoms with Gasteiger partial charge in [0.25, 0.3) is 5.91 Å². The summed E-state index contributed by atoms with van der Waals surface area (Å²) in [6.07, 6.45) is 1.53. The molecular formula is C21H20N4O4. The summed E-state index contributed by atoms with van der Waals surface area (Å²) in [4.78, 5) is 21.0. The van der Waals surface area contributed by atoms with Crippen molar-refractivity contribution >= 4 is 23.2 Å². The van der Waals surface area contributed by atoms with E-state index in [9.17, 15) is 4.79 Å². The lowest BCUT2D eigenvalue weighted by molar-refractivity contribution is 0.102. The van der Waals surface area contributed by atoms with Crippen molar-refractivity contribution in [2.45, 2.75) is 6.92 Å². The van der Waals surface area contributed by atoms with Crippen LogP contribution in [-0.4, -0.2) is 35.7 Å². The minimum Gasteiger partial charge on any atom is -0.494 e. The average molecular weight is 392 g/mol. The van der Waals surface area contributed by atoms with Gasteiger partial charge in [-0.3, -0.25) is 4.79 Å². The van der Waals surface area contributed by atoms with Crippen molar-refractivity contribution in [3.8, 4) is 17.2 Å². The molecule has 1 aliphatic rings. The van der Waals surface area contributed by atoms with Crippen LogP contribution in [0.4, 0.5) is 17.3 Å². The summed E-state index contributed by atoms with van der Waals surface area (Å²) in [5.41, 5.74) is 1.63. The molecule has 1 aromatic heterocycles. The van der Waals surface area contributed by atoms with Gasteiger partial charge in [-0.15, -0.1) is 0 Å². The number of hydrogen-bond donors (Lipinski definition) is 2. The summed E-state index contributed by atoms with van der Waals surface area (Å²) >= 11 is 0. The van der Waals surface area contributed by atoms with E-state index in [-0.39, 0.29) is 11.6 Å². The lowest BCUT2D eigenvalue weighted by Crippen LogP contribution is -2.15. The minimum absolute atomic E-state index is 0.244. The third kappa shape index (κ3) is 4.55. The fraction of sp³-hybridized carbons (Fsp3) is 0.190. The van der Waals surface area contributed by atoms with Gasteiger partial charge in [0.2, 0.25) is 5.95 Å². The summed E-state index contributed by atoms with van der Waals surface area (Å²) in [6, 6.07) is 14.2. The second-order valence-electron chi connectivity index (χ2n) is 6.16. The quantitative estimate of drug-likeness (QED) is 0.661. The Kier molecular flexibility index (Phi) is 5.42. The summed E-state index contributed by atoms with van der Waals surface area (Å²) in [7, 11) is 0. The van der Waals surface area contributed by atoms with E-state index in [2.05, 4.69) is 20.6 Å². The summed E-state index contributed by atoms with van der Waals surface area (Å²) < 4.78 is 16.5. The average Bonchev–Trinajstić information content (AvgIpc) is 2.75. The van der Waals surface area contributed by atoms with E-state index in [0.29, 0.717) is 43.0 Å². The molecule has 0 fully saturated rings. The molecular weight excluding hydrogens is 372 g/mol. The fourth-order valence-electron chi connectivity index (χ4n) is 2.79. The van der Waals surface area contributed by atoms with Gasteiger partial charge in [0.05, 0.1) is 6.61 Å². The molecule has 0 radical (unpaired) electrons. The maximum absolute atomic E-state index is 12.5. The van der Waals surface area contributed by atoms with Crippen molar-refractivity contribution in [3.05, 3.63) is 60.4 Å². The first-order valence-electron chi connectivity index (χ1n) is 9.25. The van der Waals surface area contributed by atoms with Crippen LogP contribution in [0.3, 0.4) is 0 Å². The van der Waals surface area contributed by atoms with Crippen molar-refractivity contribution in [2.75, 3.05) is 30.5 Å². The van der Waals surface area contributed by atoms with Crippen molar-refractivity contribution in [1.29, 1.82) is 0 Å². The van der Waals surface area contributed by atoms with Crippen LogP contribution < -0.4 is 24.8 Å². The highest BCUT2D eigenvalue weighted by atomic mass is 16.6. The van der Waals surface area contributed by atoms with Crippen LogP contribution in [0, 0.1) is 0 Å². The third-order valence-electron chi connectivity index (χ3n) is 4.11. The number of hydrogen-bond acceptors (Lipinski definition) is 7. The van der Waals surface area contributed by atoms with Gasteiger partial charge in [-0.25, -0.2) is 9.97 Å². The predicted octanol–water partition coefficient (Wildman–Crippen LogP) is 3.64. The molecule has 0 bridgehead atoms. The second-order valence-corrected chi connectivity index (χ2v) is 6.16. The first-order valence-corrected chi connectivity index (χ1v) is 9.25. The largest absolute Gasteiger partial charge is 0.494 e. The van der Waals surface area contributed by atoms with Crippen LogP contribution in [0.2, 0.25) is 0 Å². The number of amides is 1. The Morgan fingerprint density at radius 1 is 1.03 bits per heavy atom. The zero-order valence-corrected chi connectivity index (χ0v) is 15.8. The Morgan fingerprint density at radius 2 is 1.79 bits per heavy atom. The molecule has 1 amide bonds. The Morgan fingerprint density at radius 3 is 2.59 bits per heavy atom. The van der Waals surface area contributed by atoms with E-state index in [1.165, 1.54) is 6.20 Å². The van der Waals surface area contributed by atoms with Crippen molar-refractivity contribution in [2.24, 2.45) is 0 Å². The Bertz CT molecular complexity index is 1010. The van der Waals surface area contributed by atoms with Crippen LogP contribution in [0.5, 0.6) is 17.2 Å². The zero-order chi connectivity index (χ0) is 20.1. The van der Waals surface area contributed by atoms with Gasteiger partial charge in [0.15, 0.2) is 11.5 Å². The first kappa shape index (κ1) is 18.5. The number of carbonyl (C=O) groups is 1. The molecule has 0 saturated heterocycles. The van der Waals surface area contributed by atoms with Gasteiger partial charge in [0.1, 0.15) is 24.7 Å². The van der Waals surface area contributed by atoms with Crippen molar-refractivity contribution < 1.29 is 19.0 Å². The normalized spacial score (nSPS) is 12.2. The molecule has 2 aromatic carbocycles. The number of rotatable bonds is 6. The maximum atomic E-state index is 12.5. The number of aromatic nitrogens is 2. The molecule has 0 aliphatic carbocycles. The summed E-state index contributed by atoms with van der Waals surface area (Å²) in [5.74, 6) is 2.08. The van der Waals surface area contributed by atoms with Gasteiger partial charge in [-0.2, -0.15) is 0 Å². The van der Waals surface area contributed by atoms with Crippen LogP contribution in [0.15, 0.2) is 54.7 Å². The molecule has 4 rings (SSSR count). The standard InChI is InChI=1S/C21H20N4O4/c1-2-27-16-6-3-14(4-7-16)23-20(26)17-9-10-22-21(25-17)24-15-5-8-18-19(13-15)29-12-11-28-18/h3-10,13H,2,11-12H2,1H3,(H,23,26)(H,22,24,25). The summed E-state index contributed by atoms with van der Waals surface area (Å²) in [6.45, 7) is 3.55. The SMILES string of the molecule is CCOc1ccc(NC(=O)c2ccnc(Nc3ccc4c(c3)OCCO4)n2)cc1. The van der Waals surface area contributed by atoms with Gasteiger partial charge >= 0.3 is 0 Å². The van der Waals surface area contributed by atoms with Gasteiger partial charge in [-0.1, -0.05) is 0 Å². The van der Waals surface area contributed by atoms with Crippen LogP contribution >= 0.6 is 0 Å². The van der Waals surface area contributed by atoms with Crippen molar-refractivity contribution in [3.63, 3.8) is 0 Å². The fourth-order valence-corrected chi connectivity index (χ4v) is 2.79. The van der Waals surface area contributed by atoms with Crippen LogP contribution in [0.1, 0.15) is 17.4 Å². The Balaban J connectivity index is 1.44. The predicted molar refractivity (Wildman–Crippen MR) is 108 cm³/mol. The molecule has 2 N–H and O–H groups in total. The molecule has 0 saturated carbocycles. The highest BCUT2D eigenvalue weighted by Crippen LogP contribution is 2.33. The highest BCUT2D eigenvalue weighted by Gasteiger charge is 2.13. The van der Waals surface area contributed by atoms with E-state index in [0.717, 1.165) is 11.4 Å². The minimum atomic E-state index is -0.332. The van der Waals surface area contributed by atoms with Crippen LogP contribution in [0.25, 0.3) is 0 Å². The topological polar surface area (TPSA) is 94.6 Å². The molecule has 0 spiro atoms. The monoisotopic (exact) mass is 392 g/mol. The molecule has 3 aromatic rings.